The van der Waals surface area contributed by atoms with Gasteiger partial charge in [-0.05, 0) is 87.4 Å². The van der Waals surface area contributed by atoms with Crippen LogP contribution in [0.25, 0.3) is 0 Å². The van der Waals surface area contributed by atoms with Crippen molar-refractivity contribution in [1.82, 2.24) is 9.88 Å². The minimum atomic E-state index is -0.868. The van der Waals surface area contributed by atoms with E-state index in [0.29, 0.717) is 43.2 Å². The molecular formula is C26H32ClN3O3. The van der Waals surface area contributed by atoms with Crippen LogP contribution in [0.5, 0.6) is 0 Å². The maximum absolute atomic E-state index is 12.7. The van der Waals surface area contributed by atoms with Crippen LogP contribution in [0.4, 0.5) is 5.82 Å². The maximum atomic E-state index is 12.7. The number of unbranched alkanes of at least 4 members (excludes halogenated alkanes) is 1. The van der Waals surface area contributed by atoms with E-state index in [2.05, 4.69) is 17.4 Å². The Labute approximate surface area is 200 Å². The van der Waals surface area contributed by atoms with Gasteiger partial charge in [0.05, 0.1) is 0 Å². The van der Waals surface area contributed by atoms with Gasteiger partial charge in [0.15, 0.2) is 0 Å². The molecule has 0 bridgehead atoms. The number of pyridine rings is 1. The van der Waals surface area contributed by atoms with Gasteiger partial charge in [-0.15, -0.1) is 0 Å². The van der Waals surface area contributed by atoms with E-state index in [0.717, 1.165) is 55.7 Å². The predicted octanol–water partition coefficient (Wildman–Crippen LogP) is 4.91. The molecule has 2 N–H and O–H groups in total. The summed E-state index contributed by atoms with van der Waals surface area (Å²) in [5.41, 5.74) is 3.11. The number of aliphatic carboxylic acids is 1. The number of carboxylic acid groups (broad SMARTS) is 1. The summed E-state index contributed by atoms with van der Waals surface area (Å²) in [6, 6.07) is 10.6. The number of aromatic nitrogens is 1. The molecule has 2 aliphatic heterocycles. The first-order valence-corrected chi connectivity index (χ1v) is 12.4. The van der Waals surface area contributed by atoms with E-state index in [-0.39, 0.29) is 5.92 Å². The van der Waals surface area contributed by atoms with Gasteiger partial charge in [-0.25, -0.2) is 4.98 Å². The Kier molecular flexibility index (Phi) is 7.99. The Morgan fingerprint density at radius 3 is 2.61 bits per heavy atom. The lowest BCUT2D eigenvalue weighted by Crippen LogP contribution is -2.41. The number of carbonyl (C=O) groups is 2. The van der Waals surface area contributed by atoms with Crippen LogP contribution in [-0.2, 0) is 22.4 Å². The van der Waals surface area contributed by atoms with E-state index in [1.807, 2.05) is 4.90 Å². The SMILES string of the molecule is O=C(CCCCc1ccc2c(n1)NCCC2)C1CCN(C(C(=O)O)c2ccc(Cl)cc2)CC1. The van der Waals surface area contributed by atoms with Gasteiger partial charge >= 0.3 is 5.97 Å². The Morgan fingerprint density at radius 1 is 1.12 bits per heavy atom. The van der Waals surface area contributed by atoms with Crippen LogP contribution in [0, 0.1) is 5.92 Å². The second-order valence-corrected chi connectivity index (χ2v) is 9.55. The number of likely N-dealkylation sites (tertiary alicyclic amines) is 1. The number of carbonyl (C=O) groups excluding carboxylic acids is 1. The molecule has 6 nitrogen and oxygen atoms in total. The molecule has 176 valence electrons. The summed E-state index contributed by atoms with van der Waals surface area (Å²) in [7, 11) is 0. The number of benzene rings is 1. The van der Waals surface area contributed by atoms with Crippen LogP contribution in [0.2, 0.25) is 5.02 Å². The maximum Gasteiger partial charge on any atom is 0.325 e. The third-order valence-corrected chi connectivity index (χ3v) is 7.08. The smallest absolute Gasteiger partial charge is 0.325 e. The largest absolute Gasteiger partial charge is 0.480 e. The van der Waals surface area contributed by atoms with Crippen molar-refractivity contribution in [1.29, 1.82) is 0 Å². The molecule has 0 saturated carbocycles. The fourth-order valence-corrected chi connectivity index (χ4v) is 5.08. The van der Waals surface area contributed by atoms with Gasteiger partial charge in [0, 0.05) is 29.6 Å². The highest BCUT2D eigenvalue weighted by atomic mass is 35.5. The van der Waals surface area contributed by atoms with Crippen molar-refractivity contribution in [2.24, 2.45) is 5.92 Å². The highest BCUT2D eigenvalue weighted by Gasteiger charge is 2.32. The third-order valence-electron chi connectivity index (χ3n) is 6.83. The number of carboxylic acids is 1. The van der Waals surface area contributed by atoms with Crippen molar-refractivity contribution < 1.29 is 14.7 Å². The molecule has 0 aliphatic carbocycles. The normalized spacial score (nSPS) is 17.7. The fraction of sp³-hybridized carbons (Fsp3) is 0.500. The van der Waals surface area contributed by atoms with Crippen molar-refractivity contribution in [2.45, 2.75) is 57.4 Å². The van der Waals surface area contributed by atoms with Gasteiger partial charge in [0.25, 0.3) is 0 Å². The summed E-state index contributed by atoms with van der Waals surface area (Å²) in [5, 5.41) is 13.7. The summed E-state index contributed by atoms with van der Waals surface area (Å²) < 4.78 is 0. The lowest BCUT2D eigenvalue weighted by molar-refractivity contribution is -0.144. The molecule has 1 atom stereocenters. The van der Waals surface area contributed by atoms with E-state index in [4.69, 9.17) is 16.6 Å². The number of nitrogens with one attached hydrogen (secondary N) is 1. The van der Waals surface area contributed by atoms with Gasteiger partial charge in [0.1, 0.15) is 17.6 Å². The second kappa shape index (κ2) is 11.1. The first-order chi connectivity index (χ1) is 16.0. The van der Waals surface area contributed by atoms with Gasteiger partial charge in [0.2, 0.25) is 0 Å². The van der Waals surface area contributed by atoms with Crippen LogP contribution in [0.15, 0.2) is 36.4 Å². The summed E-state index contributed by atoms with van der Waals surface area (Å²) in [6.45, 7) is 2.22. The summed E-state index contributed by atoms with van der Waals surface area (Å²) in [6.07, 6.45) is 6.99. The molecule has 33 heavy (non-hydrogen) atoms. The van der Waals surface area contributed by atoms with Crippen LogP contribution >= 0.6 is 11.6 Å². The Hall–Kier alpha value is -2.44. The molecule has 1 fully saturated rings. The first-order valence-electron chi connectivity index (χ1n) is 12.0. The standard InChI is InChI=1S/C26H32ClN3O3/c27-21-10-7-19(8-11-21)24(26(32)33)30-16-13-18(14-17-30)23(31)6-2-1-5-22-12-9-20-4-3-15-28-25(20)29-22/h7-12,18,24H,1-6,13-17H2,(H,28,29)(H,32,33). The summed E-state index contributed by atoms with van der Waals surface area (Å²) in [4.78, 5) is 31.4. The van der Waals surface area contributed by atoms with Gasteiger partial charge in [-0.1, -0.05) is 29.8 Å². The number of Topliss-reactive ketones (excluding diaryl/α,β-unsaturated/α-hetero) is 1. The number of piperidine rings is 1. The van der Waals surface area contributed by atoms with E-state index >= 15 is 0 Å². The lowest BCUT2D eigenvalue weighted by atomic mass is 9.88. The van der Waals surface area contributed by atoms with Gasteiger partial charge in [-0.2, -0.15) is 0 Å². The number of hydrogen-bond acceptors (Lipinski definition) is 5. The molecule has 2 aliphatic rings. The molecule has 0 amide bonds. The minimum Gasteiger partial charge on any atom is -0.480 e. The van der Waals surface area contributed by atoms with Crippen LogP contribution in [-0.4, -0.2) is 46.4 Å². The Balaban J connectivity index is 1.21. The van der Waals surface area contributed by atoms with Crippen molar-refractivity contribution in [3.63, 3.8) is 0 Å². The molecule has 1 saturated heterocycles. The second-order valence-electron chi connectivity index (χ2n) is 9.12. The Morgan fingerprint density at radius 2 is 1.88 bits per heavy atom. The van der Waals surface area contributed by atoms with Crippen molar-refractivity contribution in [2.75, 3.05) is 25.0 Å². The van der Waals surface area contributed by atoms with Crippen LogP contribution in [0.3, 0.4) is 0 Å². The topological polar surface area (TPSA) is 82.5 Å². The molecule has 7 heteroatoms. The van der Waals surface area contributed by atoms with E-state index < -0.39 is 12.0 Å². The zero-order chi connectivity index (χ0) is 23.2. The number of fused-ring (bicyclic) bond motifs is 1. The number of anilines is 1. The predicted molar refractivity (Wildman–Crippen MR) is 130 cm³/mol. The first kappa shape index (κ1) is 23.7. The third kappa shape index (κ3) is 6.12. The molecular weight excluding hydrogens is 438 g/mol. The Bertz CT molecular complexity index is 971. The number of nitrogens with zero attached hydrogens (tertiary/aromatic N) is 2. The summed E-state index contributed by atoms with van der Waals surface area (Å²) >= 11 is 5.95. The average molecular weight is 470 g/mol. The van der Waals surface area contributed by atoms with Gasteiger partial charge < -0.3 is 10.4 Å². The number of halogens is 1. The fourth-order valence-electron chi connectivity index (χ4n) is 4.95. The van der Waals surface area contributed by atoms with Gasteiger partial charge in [-0.3, -0.25) is 14.5 Å². The number of aryl methyl sites for hydroxylation is 2. The lowest BCUT2D eigenvalue weighted by Gasteiger charge is -2.35. The molecule has 4 rings (SSSR count). The monoisotopic (exact) mass is 469 g/mol. The van der Waals surface area contributed by atoms with Crippen molar-refractivity contribution >= 4 is 29.2 Å². The van der Waals surface area contributed by atoms with Crippen LogP contribution in [0.1, 0.15) is 61.4 Å². The number of hydrogen-bond donors (Lipinski definition) is 2. The zero-order valence-corrected chi connectivity index (χ0v) is 19.7. The van der Waals surface area contributed by atoms with Crippen molar-refractivity contribution in [3.8, 4) is 0 Å². The molecule has 2 aromatic rings. The van der Waals surface area contributed by atoms with Crippen molar-refractivity contribution in [3.05, 3.63) is 58.2 Å². The van der Waals surface area contributed by atoms with E-state index in [1.54, 1.807) is 24.3 Å². The molecule has 1 aromatic heterocycles. The summed E-state index contributed by atoms with van der Waals surface area (Å²) in [5.74, 6) is 0.507. The highest BCUT2D eigenvalue weighted by Crippen LogP contribution is 2.29. The molecule has 1 unspecified atom stereocenters. The average Bonchev–Trinajstić information content (AvgIpc) is 2.83. The molecule has 1 aromatic carbocycles. The highest BCUT2D eigenvalue weighted by molar-refractivity contribution is 6.30. The van der Waals surface area contributed by atoms with E-state index in [1.165, 1.54) is 5.56 Å². The molecule has 0 radical (unpaired) electrons. The number of rotatable bonds is 9. The van der Waals surface area contributed by atoms with E-state index in [9.17, 15) is 14.7 Å². The molecule has 0 spiro atoms. The quantitative estimate of drug-likeness (QED) is 0.507. The zero-order valence-electron chi connectivity index (χ0n) is 18.9. The van der Waals surface area contributed by atoms with Crippen LogP contribution < -0.4 is 5.32 Å². The number of ketones is 1. The molecule has 3 heterocycles. The minimum absolute atomic E-state index is 0.0342.